The van der Waals surface area contributed by atoms with Crippen molar-refractivity contribution in [2.75, 3.05) is 31.1 Å². The third-order valence-electron chi connectivity index (χ3n) is 6.17. The van der Waals surface area contributed by atoms with Crippen LogP contribution in [0.15, 0.2) is 42.7 Å². The van der Waals surface area contributed by atoms with Crippen LogP contribution in [0.2, 0.25) is 18.1 Å². The summed E-state index contributed by atoms with van der Waals surface area (Å²) in [4.78, 5) is 24.1. The van der Waals surface area contributed by atoms with Gasteiger partial charge in [-0.2, -0.15) is 0 Å². The first-order chi connectivity index (χ1) is 15.0. The monoisotopic (exact) mass is 458 g/mol. The van der Waals surface area contributed by atoms with Crippen LogP contribution in [-0.2, 0) is 11.0 Å². The molecule has 1 unspecified atom stereocenters. The Morgan fingerprint density at radius 2 is 1.78 bits per heavy atom. The molecule has 174 valence electrons. The van der Waals surface area contributed by atoms with Gasteiger partial charge in [-0.3, -0.25) is 0 Å². The zero-order valence-corrected chi connectivity index (χ0v) is 20.6. The predicted molar refractivity (Wildman–Crippen MR) is 127 cm³/mol. The van der Waals surface area contributed by atoms with E-state index in [0.29, 0.717) is 44.5 Å². The number of carbonyl (C=O) groups is 1. The van der Waals surface area contributed by atoms with Gasteiger partial charge in [-0.05, 0) is 23.7 Å². The van der Waals surface area contributed by atoms with Gasteiger partial charge in [-0.25, -0.2) is 14.8 Å². The van der Waals surface area contributed by atoms with Crippen molar-refractivity contribution in [3.63, 3.8) is 0 Å². The zero-order valence-electron chi connectivity index (χ0n) is 19.6. The molecule has 1 amide bonds. The van der Waals surface area contributed by atoms with Crippen molar-refractivity contribution in [2.24, 2.45) is 0 Å². The van der Waals surface area contributed by atoms with E-state index in [0.717, 1.165) is 5.56 Å². The summed E-state index contributed by atoms with van der Waals surface area (Å²) in [7, 11) is -2.07. The van der Waals surface area contributed by atoms with Gasteiger partial charge < -0.3 is 24.1 Å². The fourth-order valence-electron chi connectivity index (χ4n) is 3.28. The van der Waals surface area contributed by atoms with E-state index in [2.05, 4.69) is 43.8 Å². The van der Waals surface area contributed by atoms with Crippen molar-refractivity contribution in [2.45, 2.75) is 51.6 Å². The molecule has 0 radical (unpaired) electrons. The van der Waals surface area contributed by atoms with Crippen LogP contribution in [0.5, 0.6) is 5.75 Å². The number of hydrogen-bond acceptors (Lipinski definition) is 6. The molecule has 1 aromatic heterocycles. The first kappa shape index (κ1) is 24.0. The highest BCUT2D eigenvalue weighted by atomic mass is 28.4. The van der Waals surface area contributed by atoms with Crippen LogP contribution in [0.3, 0.4) is 0 Å². The van der Waals surface area contributed by atoms with E-state index in [9.17, 15) is 9.90 Å². The van der Waals surface area contributed by atoms with Gasteiger partial charge in [0.1, 0.15) is 6.61 Å². The highest BCUT2D eigenvalue weighted by molar-refractivity contribution is 6.74. The number of nitrogens with zero attached hydrogens (tertiary/aromatic N) is 4. The summed E-state index contributed by atoms with van der Waals surface area (Å²) in [5.74, 6) is 1.14. The lowest BCUT2D eigenvalue weighted by molar-refractivity contribution is 0.114. The molecule has 2 aromatic rings. The maximum absolute atomic E-state index is 11.7. The number of carboxylic acid groups (broad SMARTS) is 1. The Bertz CT molecular complexity index is 887. The standard InChI is InChI=1S/C23H34N4O4Si/c1-23(2,3)32(4,5)31-20-15-26(11-12-27(16-20)22(28)29)21-24-13-19(14-25-21)30-17-18-9-7-6-8-10-18/h6-10,13-14,20H,11-12,15-17H2,1-5H3,(H,28,29). The van der Waals surface area contributed by atoms with Crippen LogP contribution in [0.4, 0.5) is 10.7 Å². The summed E-state index contributed by atoms with van der Waals surface area (Å²) < 4.78 is 12.4. The molecule has 1 aliphatic rings. The average Bonchev–Trinajstić information content (AvgIpc) is 2.95. The Morgan fingerprint density at radius 1 is 1.12 bits per heavy atom. The lowest BCUT2D eigenvalue weighted by Crippen LogP contribution is -2.49. The summed E-state index contributed by atoms with van der Waals surface area (Å²) in [5, 5.41) is 9.64. The number of ether oxygens (including phenoxy) is 1. The van der Waals surface area contributed by atoms with Crippen LogP contribution in [-0.4, -0.2) is 66.7 Å². The molecule has 1 fully saturated rings. The molecule has 8 nitrogen and oxygen atoms in total. The number of amides is 1. The molecular formula is C23H34N4O4Si. The fourth-order valence-corrected chi connectivity index (χ4v) is 4.62. The van der Waals surface area contributed by atoms with E-state index in [1.165, 1.54) is 4.90 Å². The number of hydrogen-bond donors (Lipinski definition) is 1. The van der Waals surface area contributed by atoms with Crippen molar-refractivity contribution in [3.8, 4) is 5.75 Å². The van der Waals surface area contributed by atoms with Crippen LogP contribution in [0.25, 0.3) is 0 Å². The molecule has 0 spiro atoms. The van der Waals surface area contributed by atoms with E-state index in [1.54, 1.807) is 12.4 Å². The van der Waals surface area contributed by atoms with E-state index >= 15 is 0 Å². The predicted octanol–water partition coefficient (Wildman–Crippen LogP) is 4.25. The molecule has 2 heterocycles. The summed E-state index contributed by atoms with van der Waals surface area (Å²) in [5.41, 5.74) is 1.07. The number of aromatic nitrogens is 2. The maximum atomic E-state index is 11.7. The topological polar surface area (TPSA) is 88.0 Å². The van der Waals surface area contributed by atoms with Crippen LogP contribution in [0.1, 0.15) is 26.3 Å². The SMILES string of the molecule is CC(C)(C)[Si](C)(C)OC1CN(C(=O)O)CCN(c2ncc(OCc3ccccc3)cn2)C1. The van der Waals surface area contributed by atoms with E-state index in [1.807, 2.05) is 35.2 Å². The van der Waals surface area contributed by atoms with Crippen molar-refractivity contribution in [1.29, 1.82) is 0 Å². The Balaban J connectivity index is 1.70. The van der Waals surface area contributed by atoms with Gasteiger partial charge in [0.15, 0.2) is 14.1 Å². The fraction of sp³-hybridized carbons (Fsp3) is 0.522. The number of rotatable bonds is 6. The maximum Gasteiger partial charge on any atom is 0.407 e. The van der Waals surface area contributed by atoms with E-state index in [4.69, 9.17) is 9.16 Å². The Hall–Kier alpha value is -2.65. The molecule has 1 aromatic carbocycles. The number of benzene rings is 1. The molecule has 1 atom stereocenters. The molecule has 0 aliphatic carbocycles. The summed E-state index contributed by atoms with van der Waals surface area (Å²) in [6.07, 6.45) is 2.15. The second-order valence-corrected chi connectivity index (χ2v) is 14.4. The molecule has 0 saturated carbocycles. The highest BCUT2D eigenvalue weighted by Gasteiger charge is 2.40. The van der Waals surface area contributed by atoms with Crippen molar-refractivity contribution >= 4 is 20.4 Å². The second kappa shape index (κ2) is 9.87. The molecule has 3 rings (SSSR count). The molecule has 1 saturated heterocycles. The smallest absolute Gasteiger partial charge is 0.407 e. The Labute approximate surface area is 191 Å². The minimum absolute atomic E-state index is 0.0342. The largest absolute Gasteiger partial charge is 0.486 e. The lowest BCUT2D eigenvalue weighted by Gasteiger charge is -2.40. The Morgan fingerprint density at radius 3 is 2.38 bits per heavy atom. The Kier molecular flexibility index (Phi) is 7.40. The van der Waals surface area contributed by atoms with Crippen molar-refractivity contribution in [3.05, 3.63) is 48.3 Å². The van der Waals surface area contributed by atoms with Gasteiger partial charge in [0, 0.05) is 19.6 Å². The third kappa shape index (κ3) is 6.20. The summed E-state index contributed by atoms with van der Waals surface area (Å²) in [6.45, 7) is 13.1. The van der Waals surface area contributed by atoms with Gasteiger partial charge in [-0.15, -0.1) is 0 Å². The van der Waals surface area contributed by atoms with Crippen molar-refractivity contribution < 1.29 is 19.1 Å². The van der Waals surface area contributed by atoms with Gasteiger partial charge in [0.05, 0.1) is 25.0 Å². The lowest BCUT2D eigenvalue weighted by atomic mass is 10.2. The quantitative estimate of drug-likeness (QED) is 0.648. The van der Waals surface area contributed by atoms with Crippen LogP contribution >= 0.6 is 0 Å². The second-order valence-electron chi connectivity index (χ2n) is 9.67. The minimum Gasteiger partial charge on any atom is -0.486 e. The van der Waals surface area contributed by atoms with Gasteiger partial charge >= 0.3 is 6.09 Å². The molecule has 32 heavy (non-hydrogen) atoms. The molecule has 0 bridgehead atoms. The first-order valence-corrected chi connectivity index (χ1v) is 13.9. The summed E-state index contributed by atoms with van der Waals surface area (Å²) >= 11 is 0. The molecule has 1 N–H and O–H groups in total. The van der Waals surface area contributed by atoms with E-state index < -0.39 is 14.4 Å². The molecular weight excluding hydrogens is 424 g/mol. The van der Waals surface area contributed by atoms with E-state index in [-0.39, 0.29) is 11.1 Å². The minimum atomic E-state index is -2.07. The zero-order chi connectivity index (χ0) is 23.4. The first-order valence-electron chi connectivity index (χ1n) is 10.9. The number of anilines is 1. The van der Waals surface area contributed by atoms with Gasteiger partial charge in [-0.1, -0.05) is 51.1 Å². The molecule has 9 heteroatoms. The molecule has 1 aliphatic heterocycles. The summed E-state index contributed by atoms with van der Waals surface area (Å²) in [6, 6.07) is 9.92. The van der Waals surface area contributed by atoms with Crippen LogP contribution in [0, 0.1) is 0 Å². The normalized spacial score (nSPS) is 17.7. The van der Waals surface area contributed by atoms with Gasteiger partial charge in [0.2, 0.25) is 5.95 Å². The third-order valence-corrected chi connectivity index (χ3v) is 10.7. The van der Waals surface area contributed by atoms with Crippen LogP contribution < -0.4 is 9.64 Å². The van der Waals surface area contributed by atoms with Gasteiger partial charge in [0.25, 0.3) is 0 Å². The highest BCUT2D eigenvalue weighted by Crippen LogP contribution is 2.37. The van der Waals surface area contributed by atoms with Crippen molar-refractivity contribution in [1.82, 2.24) is 14.9 Å². The average molecular weight is 459 g/mol.